The van der Waals surface area contributed by atoms with Crippen molar-refractivity contribution in [2.45, 2.75) is 78.4 Å². The first-order valence-corrected chi connectivity index (χ1v) is 9.80. The van der Waals surface area contributed by atoms with Crippen LogP contribution in [0.4, 0.5) is 4.79 Å². The number of carbonyl (C=O) groups excluding carboxylic acids is 1. The lowest BCUT2D eigenvalue weighted by atomic mass is 10.0. The van der Waals surface area contributed by atoms with Crippen molar-refractivity contribution in [3.8, 4) is 0 Å². The van der Waals surface area contributed by atoms with Crippen molar-refractivity contribution in [3.05, 3.63) is 11.7 Å². The fourth-order valence-corrected chi connectivity index (χ4v) is 2.19. The van der Waals surface area contributed by atoms with Gasteiger partial charge in [0.05, 0.1) is 12.6 Å². The number of aliphatic carboxylic acids is 1. The standard InChI is InChI=1S/C15H28N6O4.C3H8/c1-9(2)7-11(14(22)23)19-15(24)18-8-12-20-13(21-25-12)10(17)5-3-4-6-16;1-3-2/h9-11H,3-8,16-17H2,1-2H3,(H,22,23)(H2,18,19,24);3H2,1-2H3/t10-,11-;/m0./s1. The van der Waals surface area contributed by atoms with Crippen LogP contribution < -0.4 is 22.1 Å². The molecule has 0 bridgehead atoms. The van der Waals surface area contributed by atoms with Crippen LogP contribution in [0.1, 0.15) is 77.6 Å². The maximum atomic E-state index is 11.8. The van der Waals surface area contributed by atoms with Gasteiger partial charge in [0.25, 0.3) is 0 Å². The zero-order valence-electron chi connectivity index (χ0n) is 17.4. The summed E-state index contributed by atoms with van der Waals surface area (Å²) >= 11 is 0. The van der Waals surface area contributed by atoms with Crippen LogP contribution in [-0.4, -0.2) is 39.8 Å². The Labute approximate surface area is 166 Å². The number of nitrogens with two attached hydrogens (primary N) is 2. The van der Waals surface area contributed by atoms with Crippen molar-refractivity contribution in [2.24, 2.45) is 17.4 Å². The number of hydrogen-bond donors (Lipinski definition) is 5. The largest absolute Gasteiger partial charge is 0.480 e. The van der Waals surface area contributed by atoms with Gasteiger partial charge in [0, 0.05) is 0 Å². The number of unbranched alkanes of at least 4 members (excludes halogenated alkanes) is 1. The fraction of sp³-hybridized carbons (Fsp3) is 0.778. The smallest absolute Gasteiger partial charge is 0.326 e. The molecule has 0 aliphatic carbocycles. The summed E-state index contributed by atoms with van der Waals surface area (Å²) in [5.41, 5.74) is 11.4. The summed E-state index contributed by atoms with van der Waals surface area (Å²) in [6, 6.07) is -1.91. The Morgan fingerprint density at radius 1 is 1.25 bits per heavy atom. The molecule has 7 N–H and O–H groups in total. The summed E-state index contributed by atoms with van der Waals surface area (Å²) < 4.78 is 5.03. The molecule has 0 aromatic carbocycles. The maximum absolute atomic E-state index is 11.8. The van der Waals surface area contributed by atoms with Crippen molar-refractivity contribution in [1.29, 1.82) is 0 Å². The number of carbonyl (C=O) groups is 2. The molecule has 0 aliphatic rings. The van der Waals surface area contributed by atoms with Crippen molar-refractivity contribution in [1.82, 2.24) is 20.8 Å². The first-order chi connectivity index (χ1) is 13.2. The van der Waals surface area contributed by atoms with Crippen molar-refractivity contribution in [3.63, 3.8) is 0 Å². The van der Waals surface area contributed by atoms with Gasteiger partial charge in [0.15, 0.2) is 5.82 Å². The minimum Gasteiger partial charge on any atom is -0.480 e. The van der Waals surface area contributed by atoms with E-state index >= 15 is 0 Å². The van der Waals surface area contributed by atoms with Crippen LogP contribution in [0, 0.1) is 5.92 Å². The zero-order valence-corrected chi connectivity index (χ0v) is 17.4. The van der Waals surface area contributed by atoms with E-state index in [1.165, 1.54) is 6.42 Å². The van der Waals surface area contributed by atoms with E-state index in [-0.39, 0.29) is 24.4 Å². The monoisotopic (exact) mass is 400 g/mol. The molecule has 1 aromatic rings. The van der Waals surface area contributed by atoms with Gasteiger partial charge in [0.2, 0.25) is 5.89 Å². The maximum Gasteiger partial charge on any atom is 0.326 e. The van der Waals surface area contributed by atoms with Crippen LogP contribution >= 0.6 is 0 Å². The summed E-state index contributed by atoms with van der Waals surface area (Å²) in [6.45, 7) is 8.61. The lowest BCUT2D eigenvalue weighted by Gasteiger charge is -2.16. The Hall–Kier alpha value is -2.20. The Balaban J connectivity index is 0.00000227. The Bertz CT molecular complexity index is 564. The molecular weight excluding hydrogens is 364 g/mol. The Kier molecular flexibility index (Phi) is 13.6. The summed E-state index contributed by atoms with van der Waals surface area (Å²) in [5, 5.41) is 17.8. The van der Waals surface area contributed by atoms with E-state index in [0.29, 0.717) is 25.2 Å². The summed E-state index contributed by atoms with van der Waals surface area (Å²) in [4.78, 5) is 27.1. The first kappa shape index (κ1) is 25.8. The number of rotatable bonds is 11. The summed E-state index contributed by atoms with van der Waals surface area (Å²) in [6.07, 6.45) is 4.03. The lowest BCUT2D eigenvalue weighted by Crippen LogP contribution is -2.46. The van der Waals surface area contributed by atoms with Crippen LogP contribution in [0.25, 0.3) is 0 Å². The molecule has 1 heterocycles. The highest BCUT2D eigenvalue weighted by molar-refractivity contribution is 5.82. The third kappa shape index (κ3) is 11.5. The first-order valence-electron chi connectivity index (χ1n) is 9.80. The molecule has 1 rings (SSSR count). The number of nitrogens with zero attached hydrogens (tertiary/aromatic N) is 2. The third-order valence-electron chi connectivity index (χ3n) is 3.50. The van der Waals surface area contributed by atoms with E-state index in [1.807, 2.05) is 13.8 Å². The van der Waals surface area contributed by atoms with Gasteiger partial charge in [-0.05, 0) is 31.7 Å². The highest BCUT2D eigenvalue weighted by atomic mass is 16.5. The molecule has 1 aromatic heterocycles. The molecule has 2 amide bonds. The van der Waals surface area contributed by atoms with Gasteiger partial charge in [-0.2, -0.15) is 4.98 Å². The molecule has 0 unspecified atom stereocenters. The predicted octanol–water partition coefficient (Wildman–Crippen LogP) is 1.91. The molecule has 0 aliphatic heterocycles. The average Bonchev–Trinajstić information content (AvgIpc) is 3.09. The molecule has 10 nitrogen and oxygen atoms in total. The van der Waals surface area contributed by atoms with Crippen molar-refractivity contribution < 1.29 is 19.2 Å². The van der Waals surface area contributed by atoms with Gasteiger partial charge < -0.3 is 31.7 Å². The second-order valence-electron chi connectivity index (χ2n) is 6.99. The van der Waals surface area contributed by atoms with E-state index in [9.17, 15) is 9.59 Å². The molecule has 162 valence electrons. The van der Waals surface area contributed by atoms with Crippen LogP contribution in [0.3, 0.4) is 0 Å². The number of carboxylic acid groups (broad SMARTS) is 1. The highest BCUT2D eigenvalue weighted by Crippen LogP contribution is 2.13. The fourth-order valence-electron chi connectivity index (χ4n) is 2.19. The molecular formula is C18H36N6O4. The second-order valence-corrected chi connectivity index (χ2v) is 6.99. The Morgan fingerprint density at radius 3 is 2.43 bits per heavy atom. The molecule has 0 radical (unpaired) electrons. The van der Waals surface area contributed by atoms with Gasteiger partial charge in [-0.1, -0.05) is 45.7 Å². The van der Waals surface area contributed by atoms with Crippen LogP contribution in [0.5, 0.6) is 0 Å². The van der Waals surface area contributed by atoms with Crippen LogP contribution in [0.15, 0.2) is 4.52 Å². The SMILES string of the molecule is CC(C)C[C@H](NC(=O)NCc1nc([C@@H](N)CCCCN)no1)C(=O)O.CCC. The van der Waals surface area contributed by atoms with E-state index in [0.717, 1.165) is 12.8 Å². The molecule has 0 saturated carbocycles. The normalized spacial score (nSPS) is 12.7. The number of amides is 2. The summed E-state index contributed by atoms with van der Waals surface area (Å²) in [7, 11) is 0. The molecule has 10 heteroatoms. The van der Waals surface area contributed by atoms with Crippen LogP contribution in [-0.2, 0) is 11.3 Å². The molecule has 0 spiro atoms. The topological polar surface area (TPSA) is 169 Å². The third-order valence-corrected chi connectivity index (χ3v) is 3.50. The zero-order chi connectivity index (χ0) is 21.5. The number of carboxylic acids is 1. The molecule has 0 saturated heterocycles. The van der Waals surface area contributed by atoms with E-state index < -0.39 is 18.0 Å². The van der Waals surface area contributed by atoms with Gasteiger partial charge in [-0.3, -0.25) is 0 Å². The van der Waals surface area contributed by atoms with E-state index in [1.54, 1.807) is 0 Å². The molecule has 2 atom stereocenters. The van der Waals surface area contributed by atoms with E-state index in [2.05, 4.69) is 34.6 Å². The second kappa shape index (κ2) is 14.8. The quantitative estimate of drug-likeness (QED) is 0.351. The van der Waals surface area contributed by atoms with Gasteiger partial charge in [-0.25, -0.2) is 9.59 Å². The number of nitrogens with one attached hydrogen (secondary N) is 2. The minimum absolute atomic E-state index is 0.0115. The summed E-state index contributed by atoms with van der Waals surface area (Å²) in [5.74, 6) is -0.361. The van der Waals surface area contributed by atoms with Crippen molar-refractivity contribution in [2.75, 3.05) is 6.54 Å². The number of hydrogen-bond acceptors (Lipinski definition) is 7. The van der Waals surface area contributed by atoms with Gasteiger partial charge in [-0.15, -0.1) is 0 Å². The average molecular weight is 401 g/mol. The van der Waals surface area contributed by atoms with Gasteiger partial charge >= 0.3 is 12.0 Å². The van der Waals surface area contributed by atoms with Gasteiger partial charge in [0.1, 0.15) is 6.04 Å². The molecule has 28 heavy (non-hydrogen) atoms. The highest BCUT2D eigenvalue weighted by Gasteiger charge is 2.21. The van der Waals surface area contributed by atoms with Crippen molar-refractivity contribution >= 4 is 12.0 Å². The van der Waals surface area contributed by atoms with Crippen LogP contribution in [0.2, 0.25) is 0 Å². The predicted molar refractivity (Wildman–Crippen MR) is 106 cm³/mol. The lowest BCUT2D eigenvalue weighted by molar-refractivity contribution is -0.139. The number of urea groups is 1. The van der Waals surface area contributed by atoms with E-state index in [4.69, 9.17) is 21.1 Å². The Morgan fingerprint density at radius 2 is 1.89 bits per heavy atom. The minimum atomic E-state index is -1.08. The number of aromatic nitrogens is 2. The molecule has 0 fully saturated rings.